The molecule has 0 aliphatic carbocycles. The summed E-state index contributed by atoms with van der Waals surface area (Å²) in [6.45, 7) is 6.54. The predicted molar refractivity (Wildman–Crippen MR) is 77.2 cm³/mol. The first-order chi connectivity index (χ1) is 9.17. The van der Waals surface area contributed by atoms with Gasteiger partial charge in [0.05, 0.1) is 27.4 Å². The highest BCUT2D eigenvalue weighted by atomic mass is 16.5. The van der Waals surface area contributed by atoms with E-state index >= 15 is 0 Å². The molecule has 0 aliphatic rings. The Morgan fingerprint density at radius 3 is 2.53 bits per heavy atom. The second kappa shape index (κ2) is 8.77. The van der Waals surface area contributed by atoms with Gasteiger partial charge in [-0.1, -0.05) is 13.8 Å². The van der Waals surface area contributed by atoms with E-state index in [1.807, 2.05) is 18.2 Å². The zero-order chi connectivity index (χ0) is 14.1. The molecule has 0 amide bonds. The summed E-state index contributed by atoms with van der Waals surface area (Å²) in [5, 5.41) is 3.32. The number of nitrogens with one attached hydrogen (secondary N) is 1. The van der Waals surface area contributed by atoms with Gasteiger partial charge in [-0.3, -0.25) is 0 Å². The highest BCUT2D eigenvalue weighted by molar-refractivity contribution is 5.40. The van der Waals surface area contributed by atoms with Crippen LogP contribution in [0.3, 0.4) is 0 Å². The molecule has 0 radical (unpaired) electrons. The number of hydrogen-bond donors (Lipinski definition) is 1. The third-order valence-electron chi connectivity index (χ3n) is 2.80. The summed E-state index contributed by atoms with van der Waals surface area (Å²) in [7, 11) is 3.35. The van der Waals surface area contributed by atoms with Gasteiger partial charge in [0.1, 0.15) is 11.5 Å². The lowest BCUT2D eigenvalue weighted by atomic mass is 10.1. The first-order valence-electron chi connectivity index (χ1n) is 6.69. The van der Waals surface area contributed by atoms with E-state index in [9.17, 15) is 0 Å². The molecule has 1 aromatic carbocycles. The third-order valence-corrected chi connectivity index (χ3v) is 2.80. The number of methoxy groups -OCH3 is 2. The quantitative estimate of drug-likeness (QED) is 0.697. The first-order valence-corrected chi connectivity index (χ1v) is 6.69. The Morgan fingerprint density at radius 2 is 1.89 bits per heavy atom. The van der Waals surface area contributed by atoms with Crippen LogP contribution < -0.4 is 14.8 Å². The van der Waals surface area contributed by atoms with Crippen LogP contribution >= 0.6 is 0 Å². The van der Waals surface area contributed by atoms with E-state index in [1.54, 1.807) is 14.2 Å². The fourth-order valence-electron chi connectivity index (χ4n) is 1.78. The normalized spacial score (nSPS) is 10.8. The molecule has 1 rings (SSSR count). The molecule has 108 valence electrons. The van der Waals surface area contributed by atoms with Gasteiger partial charge in [0.2, 0.25) is 0 Å². The molecule has 0 bridgehead atoms. The van der Waals surface area contributed by atoms with Crippen molar-refractivity contribution in [2.45, 2.75) is 26.3 Å². The molecular weight excluding hydrogens is 242 g/mol. The van der Waals surface area contributed by atoms with Crippen molar-refractivity contribution in [1.29, 1.82) is 0 Å². The Hall–Kier alpha value is -1.26. The van der Waals surface area contributed by atoms with Gasteiger partial charge in [0.15, 0.2) is 0 Å². The maximum absolute atomic E-state index is 5.60. The van der Waals surface area contributed by atoms with Crippen molar-refractivity contribution in [2.24, 2.45) is 0 Å². The Bertz CT molecular complexity index is 366. The molecule has 0 aliphatic heterocycles. The fraction of sp³-hybridized carbons (Fsp3) is 0.600. The van der Waals surface area contributed by atoms with E-state index in [2.05, 4.69) is 19.2 Å². The van der Waals surface area contributed by atoms with Gasteiger partial charge in [-0.25, -0.2) is 0 Å². The maximum Gasteiger partial charge on any atom is 0.122 e. The molecule has 4 nitrogen and oxygen atoms in total. The minimum absolute atomic E-state index is 0.502. The molecule has 19 heavy (non-hydrogen) atoms. The average molecular weight is 267 g/mol. The molecule has 0 atom stereocenters. The van der Waals surface area contributed by atoms with Gasteiger partial charge in [0, 0.05) is 18.2 Å². The zero-order valence-electron chi connectivity index (χ0n) is 12.4. The molecule has 0 aromatic heterocycles. The van der Waals surface area contributed by atoms with Crippen molar-refractivity contribution < 1.29 is 14.2 Å². The van der Waals surface area contributed by atoms with Crippen LogP contribution in [-0.4, -0.2) is 40.0 Å². The number of hydrogen-bond acceptors (Lipinski definition) is 4. The summed E-state index contributed by atoms with van der Waals surface area (Å²) >= 11 is 0. The van der Waals surface area contributed by atoms with Crippen molar-refractivity contribution in [3.05, 3.63) is 23.8 Å². The van der Waals surface area contributed by atoms with E-state index in [-0.39, 0.29) is 0 Å². The maximum atomic E-state index is 5.60. The van der Waals surface area contributed by atoms with E-state index in [4.69, 9.17) is 14.2 Å². The second-order valence-electron chi connectivity index (χ2n) is 4.65. The van der Waals surface area contributed by atoms with Gasteiger partial charge in [-0.2, -0.15) is 0 Å². The lowest BCUT2D eigenvalue weighted by Gasteiger charge is -2.11. The van der Waals surface area contributed by atoms with E-state index in [1.165, 1.54) is 0 Å². The Balaban J connectivity index is 2.35. The Kier molecular flexibility index (Phi) is 7.30. The molecule has 0 heterocycles. The van der Waals surface area contributed by atoms with Crippen molar-refractivity contribution in [2.75, 3.05) is 34.0 Å². The largest absolute Gasteiger partial charge is 0.497 e. The van der Waals surface area contributed by atoms with Crippen LogP contribution in [0.5, 0.6) is 11.5 Å². The molecule has 0 unspecified atom stereocenters. The summed E-state index contributed by atoms with van der Waals surface area (Å²) in [6.07, 6.45) is 0.821. The smallest absolute Gasteiger partial charge is 0.122 e. The minimum Gasteiger partial charge on any atom is -0.497 e. The summed E-state index contributed by atoms with van der Waals surface area (Å²) in [5.41, 5.74) is 1.11. The average Bonchev–Trinajstić information content (AvgIpc) is 2.42. The summed E-state index contributed by atoms with van der Waals surface area (Å²) < 4.78 is 16.2. The van der Waals surface area contributed by atoms with E-state index in [0.717, 1.165) is 36.6 Å². The van der Waals surface area contributed by atoms with Crippen LogP contribution in [0.25, 0.3) is 0 Å². The van der Waals surface area contributed by atoms with Crippen LogP contribution in [0, 0.1) is 0 Å². The molecule has 0 fully saturated rings. The Morgan fingerprint density at radius 1 is 1.11 bits per heavy atom. The van der Waals surface area contributed by atoms with Crippen LogP contribution in [0.1, 0.15) is 19.4 Å². The lowest BCUT2D eigenvalue weighted by molar-refractivity contribution is 0.137. The molecule has 1 aromatic rings. The van der Waals surface area contributed by atoms with Crippen LogP contribution in [0.4, 0.5) is 0 Å². The molecular formula is C15H25NO3. The molecule has 4 heteroatoms. The first kappa shape index (κ1) is 15.8. The molecule has 0 spiro atoms. The molecule has 1 N–H and O–H groups in total. The summed E-state index contributed by atoms with van der Waals surface area (Å²) in [5.74, 6) is 1.72. The third kappa shape index (κ3) is 5.94. The molecule has 0 saturated heterocycles. The second-order valence-corrected chi connectivity index (χ2v) is 4.65. The van der Waals surface area contributed by atoms with Gasteiger partial charge in [0.25, 0.3) is 0 Å². The monoisotopic (exact) mass is 267 g/mol. The topological polar surface area (TPSA) is 39.7 Å². The van der Waals surface area contributed by atoms with Gasteiger partial charge < -0.3 is 19.5 Å². The van der Waals surface area contributed by atoms with Gasteiger partial charge in [-0.05, 0) is 24.6 Å². The van der Waals surface area contributed by atoms with Gasteiger partial charge in [-0.15, -0.1) is 0 Å². The molecule has 0 saturated carbocycles. The van der Waals surface area contributed by atoms with Crippen molar-refractivity contribution in [1.82, 2.24) is 5.32 Å². The van der Waals surface area contributed by atoms with E-state index in [0.29, 0.717) is 12.6 Å². The standard InChI is InChI=1S/C15H25NO3/c1-12(2)16-8-10-19-9-7-13-11-14(17-3)5-6-15(13)18-4/h5-6,11-12,16H,7-10H2,1-4H3. The SMILES string of the molecule is COc1ccc(OC)c(CCOCCNC(C)C)c1. The summed E-state index contributed by atoms with van der Waals surface area (Å²) in [4.78, 5) is 0. The van der Waals surface area contributed by atoms with Crippen molar-refractivity contribution in [3.63, 3.8) is 0 Å². The highest BCUT2D eigenvalue weighted by Gasteiger charge is 2.05. The van der Waals surface area contributed by atoms with Crippen molar-refractivity contribution in [3.8, 4) is 11.5 Å². The van der Waals surface area contributed by atoms with Crippen LogP contribution in [0.2, 0.25) is 0 Å². The van der Waals surface area contributed by atoms with Crippen LogP contribution in [-0.2, 0) is 11.2 Å². The minimum atomic E-state index is 0.502. The number of rotatable bonds is 9. The number of benzene rings is 1. The number of ether oxygens (including phenoxy) is 3. The van der Waals surface area contributed by atoms with Crippen molar-refractivity contribution >= 4 is 0 Å². The predicted octanol–water partition coefficient (Wildman–Crippen LogP) is 2.26. The highest BCUT2D eigenvalue weighted by Crippen LogP contribution is 2.24. The van der Waals surface area contributed by atoms with E-state index < -0.39 is 0 Å². The fourth-order valence-corrected chi connectivity index (χ4v) is 1.78. The lowest BCUT2D eigenvalue weighted by Crippen LogP contribution is -2.26. The van der Waals surface area contributed by atoms with Crippen LogP contribution in [0.15, 0.2) is 18.2 Å². The zero-order valence-corrected chi connectivity index (χ0v) is 12.4. The Labute approximate surface area is 116 Å². The van der Waals surface area contributed by atoms with Gasteiger partial charge >= 0.3 is 0 Å². The summed E-state index contributed by atoms with van der Waals surface area (Å²) in [6, 6.07) is 6.32.